The topological polar surface area (TPSA) is 12.4 Å². The number of nitrogens with zero attached hydrogens (tertiary/aromatic N) is 1. The van der Waals surface area contributed by atoms with E-state index < -0.39 is 0 Å². The molecule has 0 bridgehead atoms. The van der Waals surface area contributed by atoms with E-state index in [0.717, 1.165) is 5.70 Å². The van der Waals surface area contributed by atoms with Crippen molar-refractivity contribution in [3.8, 4) is 0 Å². The van der Waals surface area contributed by atoms with Gasteiger partial charge in [0.15, 0.2) is 0 Å². The van der Waals surface area contributed by atoms with Crippen LogP contribution in [0.15, 0.2) is 34.6 Å². The normalized spacial score (nSPS) is 13.2. The van der Waals surface area contributed by atoms with Crippen LogP contribution in [0.4, 0.5) is 0 Å². The molecular formula is C6H3NSe. The molecular weight excluding hydrogens is 165 g/mol. The first-order valence-electron chi connectivity index (χ1n) is 2.15. The van der Waals surface area contributed by atoms with Crippen LogP contribution in [0.2, 0.25) is 0 Å². The molecule has 0 N–H and O–H groups in total. The molecule has 2 heteroatoms. The van der Waals surface area contributed by atoms with Gasteiger partial charge in [0.2, 0.25) is 0 Å². The monoisotopic (exact) mass is 169 g/mol. The van der Waals surface area contributed by atoms with Gasteiger partial charge in [-0.25, -0.2) is 0 Å². The standard InChI is InChI=1S/C6H3NSe/c8-5-7-6-3-1-2-4-6/h1-3H. The van der Waals surface area contributed by atoms with Gasteiger partial charge in [0.1, 0.15) is 0 Å². The van der Waals surface area contributed by atoms with Crippen molar-refractivity contribution in [3.63, 3.8) is 0 Å². The molecule has 0 heterocycles. The molecule has 38 valence electrons. The number of allylic oxidation sites excluding steroid dienone is 2. The Labute approximate surface area is 55.5 Å². The fourth-order valence-corrected chi connectivity index (χ4v) is 0.646. The van der Waals surface area contributed by atoms with E-state index in [2.05, 4.69) is 31.0 Å². The van der Waals surface area contributed by atoms with Crippen LogP contribution >= 0.6 is 0 Å². The van der Waals surface area contributed by atoms with Crippen molar-refractivity contribution in [3.05, 3.63) is 29.7 Å². The summed E-state index contributed by atoms with van der Waals surface area (Å²) in [6.45, 7) is 0. The van der Waals surface area contributed by atoms with Crippen LogP contribution in [0, 0.1) is 0 Å². The predicted molar refractivity (Wildman–Crippen MR) is 33.9 cm³/mol. The molecule has 0 aromatic carbocycles. The molecule has 0 saturated heterocycles. The Morgan fingerprint density at radius 1 is 1.75 bits per heavy atom. The molecule has 1 aliphatic carbocycles. The third kappa shape index (κ3) is 1.16. The minimum atomic E-state index is 0.823. The van der Waals surface area contributed by atoms with Crippen molar-refractivity contribution in [2.75, 3.05) is 0 Å². The molecule has 0 atom stereocenters. The van der Waals surface area contributed by atoms with E-state index in [-0.39, 0.29) is 0 Å². The number of hydrogen-bond donors (Lipinski definition) is 0. The van der Waals surface area contributed by atoms with Crippen LogP contribution in [0.1, 0.15) is 0 Å². The second kappa shape index (κ2) is 2.61. The Balaban J connectivity index is 2.90. The first-order valence-corrected chi connectivity index (χ1v) is 3.00. The maximum atomic E-state index is 3.81. The SMILES string of the molecule is [Se]=C=NC1=C=CC=C1. The zero-order chi connectivity index (χ0) is 5.82. The Hall–Kier alpha value is -0.641. The van der Waals surface area contributed by atoms with Crippen molar-refractivity contribution >= 4 is 20.3 Å². The van der Waals surface area contributed by atoms with Gasteiger partial charge < -0.3 is 0 Å². The summed E-state index contributed by atoms with van der Waals surface area (Å²) in [6, 6.07) is 0. The molecule has 1 nitrogen and oxygen atoms in total. The molecule has 8 heavy (non-hydrogen) atoms. The summed E-state index contributed by atoms with van der Waals surface area (Å²) in [5, 5.41) is 0. The summed E-state index contributed by atoms with van der Waals surface area (Å²) in [7, 11) is 0. The summed E-state index contributed by atoms with van der Waals surface area (Å²) >= 11 is 2.54. The first kappa shape index (κ1) is 5.50. The van der Waals surface area contributed by atoms with E-state index in [0.29, 0.717) is 0 Å². The van der Waals surface area contributed by atoms with Crippen LogP contribution in [-0.4, -0.2) is 20.3 Å². The van der Waals surface area contributed by atoms with Gasteiger partial charge in [-0.05, 0) is 0 Å². The molecule has 0 radical (unpaired) electrons. The summed E-state index contributed by atoms with van der Waals surface area (Å²) < 4.78 is 2.54. The zero-order valence-electron chi connectivity index (χ0n) is 4.09. The van der Waals surface area contributed by atoms with E-state index in [9.17, 15) is 0 Å². The van der Waals surface area contributed by atoms with Crippen LogP contribution < -0.4 is 0 Å². The quantitative estimate of drug-likeness (QED) is 0.310. The van der Waals surface area contributed by atoms with Crippen molar-refractivity contribution in [2.24, 2.45) is 4.99 Å². The summed E-state index contributed by atoms with van der Waals surface area (Å²) in [4.78, 5) is 3.81. The third-order valence-electron chi connectivity index (χ3n) is 0.748. The van der Waals surface area contributed by atoms with Gasteiger partial charge in [0.25, 0.3) is 0 Å². The molecule has 0 saturated carbocycles. The molecule has 1 rings (SSSR count). The van der Waals surface area contributed by atoms with Crippen molar-refractivity contribution in [1.82, 2.24) is 0 Å². The van der Waals surface area contributed by atoms with Gasteiger partial charge in [-0.2, -0.15) is 0 Å². The molecule has 0 spiro atoms. The number of rotatable bonds is 1. The van der Waals surface area contributed by atoms with E-state index in [1.54, 1.807) is 0 Å². The summed E-state index contributed by atoms with van der Waals surface area (Å²) in [5.74, 6) is 0. The Morgan fingerprint density at radius 3 is 3.12 bits per heavy atom. The van der Waals surface area contributed by atoms with E-state index >= 15 is 0 Å². The van der Waals surface area contributed by atoms with E-state index in [4.69, 9.17) is 0 Å². The Bertz CT molecular complexity index is 225. The molecule has 0 aliphatic heterocycles. The van der Waals surface area contributed by atoms with Crippen LogP contribution in [0.3, 0.4) is 0 Å². The average Bonchev–Trinajstić information content (AvgIpc) is 2.19. The second-order valence-electron chi connectivity index (χ2n) is 1.26. The van der Waals surface area contributed by atoms with Crippen molar-refractivity contribution < 1.29 is 0 Å². The van der Waals surface area contributed by atoms with Gasteiger partial charge in [-0.1, -0.05) is 0 Å². The second-order valence-corrected chi connectivity index (χ2v) is 1.64. The Kier molecular flexibility index (Phi) is 1.80. The molecule has 0 aromatic heterocycles. The van der Waals surface area contributed by atoms with Crippen LogP contribution in [0.25, 0.3) is 0 Å². The van der Waals surface area contributed by atoms with E-state index in [1.807, 2.05) is 18.2 Å². The third-order valence-corrected chi connectivity index (χ3v) is 0.939. The van der Waals surface area contributed by atoms with Gasteiger partial charge in [-0.15, -0.1) is 0 Å². The fraction of sp³-hybridized carbons (Fsp3) is 0. The Morgan fingerprint density at radius 2 is 2.62 bits per heavy atom. The summed E-state index contributed by atoms with van der Waals surface area (Å²) in [5.41, 5.74) is 3.71. The van der Waals surface area contributed by atoms with Gasteiger partial charge in [-0.3, -0.25) is 0 Å². The fourth-order valence-electron chi connectivity index (χ4n) is 0.440. The van der Waals surface area contributed by atoms with Gasteiger partial charge >= 0.3 is 54.9 Å². The van der Waals surface area contributed by atoms with Crippen molar-refractivity contribution in [1.29, 1.82) is 0 Å². The predicted octanol–water partition coefficient (Wildman–Crippen LogP) is 0.669. The molecule has 0 amide bonds. The summed E-state index contributed by atoms with van der Waals surface area (Å²) in [6.07, 6.45) is 5.57. The van der Waals surface area contributed by atoms with Crippen LogP contribution in [-0.2, 0) is 0 Å². The molecule has 0 unspecified atom stereocenters. The zero-order valence-corrected chi connectivity index (χ0v) is 5.80. The molecule has 0 fully saturated rings. The van der Waals surface area contributed by atoms with Gasteiger partial charge in [0, 0.05) is 0 Å². The van der Waals surface area contributed by atoms with E-state index in [1.165, 1.54) is 0 Å². The number of aliphatic imine (C=N–C) groups is 1. The number of hydrogen-bond acceptors (Lipinski definition) is 1. The molecule has 0 aromatic rings. The average molecular weight is 168 g/mol. The van der Waals surface area contributed by atoms with Crippen molar-refractivity contribution in [2.45, 2.75) is 0 Å². The first-order chi connectivity index (χ1) is 3.93. The van der Waals surface area contributed by atoms with Crippen LogP contribution in [0.5, 0.6) is 0 Å². The maximum absolute atomic E-state index is 3.81. The molecule has 1 aliphatic rings. The van der Waals surface area contributed by atoms with Gasteiger partial charge in [0.05, 0.1) is 0 Å². The minimum absolute atomic E-state index is 0.823.